The summed E-state index contributed by atoms with van der Waals surface area (Å²) in [7, 11) is -4.17. The second kappa shape index (κ2) is 13.8. The fraction of sp³-hybridized carbons (Fsp3) is 0.310. The Morgan fingerprint density at radius 3 is 2.18 bits per heavy atom. The summed E-state index contributed by atoms with van der Waals surface area (Å²) in [5.74, 6) is -0.836. The maximum Gasteiger partial charge on any atom is 0.264 e. The van der Waals surface area contributed by atoms with Gasteiger partial charge in [0, 0.05) is 23.1 Å². The van der Waals surface area contributed by atoms with Crippen molar-refractivity contribution in [3.05, 3.63) is 94.0 Å². The molecule has 0 bridgehead atoms. The van der Waals surface area contributed by atoms with Gasteiger partial charge in [-0.2, -0.15) is 0 Å². The van der Waals surface area contributed by atoms with Crippen LogP contribution in [0.4, 0.5) is 5.69 Å². The van der Waals surface area contributed by atoms with Crippen molar-refractivity contribution in [2.24, 2.45) is 0 Å². The SMILES string of the molecule is CCCNC(=O)[C@H](CC)N(Cc1ccccc1Cl)C(=O)CN(c1ccccc1C)S(=O)(=O)c1ccc(Cl)cc1. The second-order valence-electron chi connectivity index (χ2n) is 9.08. The molecule has 0 aliphatic carbocycles. The Bertz CT molecular complexity index is 1400. The molecule has 0 aliphatic rings. The van der Waals surface area contributed by atoms with Crippen LogP contribution >= 0.6 is 23.2 Å². The Morgan fingerprint density at radius 2 is 1.56 bits per heavy atom. The number of carbonyl (C=O) groups excluding carboxylic acids is 2. The molecule has 10 heteroatoms. The summed E-state index contributed by atoms with van der Waals surface area (Å²) in [6.07, 6.45) is 1.07. The van der Waals surface area contributed by atoms with Crippen molar-refractivity contribution in [2.75, 3.05) is 17.4 Å². The lowest BCUT2D eigenvalue weighted by molar-refractivity contribution is -0.140. The topological polar surface area (TPSA) is 86.8 Å². The van der Waals surface area contributed by atoms with Gasteiger partial charge in [0.25, 0.3) is 10.0 Å². The van der Waals surface area contributed by atoms with Gasteiger partial charge in [0.15, 0.2) is 0 Å². The zero-order chi connectivity index (χ0) is 28.6. The van der Waals surface area contributed by atoms with Crippen molar-refractivity contribution in [3.63, 3.8) is 0 Å². The number of sulfonamides is 1. The lowest BCUT2D eigenvalue weighted by Gasteiger charge is -2.33. The molecule has 0 saturated heterocycles. The average molecular weight is 591 g/mol. The van der Waals surface area contributed by atoms with E-state index in [1.54, 1.807) is 55.5 Å². The van der Waals surface area contributed by atoms with E-state index in [4.69, 9.17) is 23.2 Å². The third-order valence-corrected chi connectivity index (χ3v) is 8.69. The van der Waals surface area contributed by atoms with E-state index in [1.165, 1.54) is 29.2 Å². The minimum Gasteiger partial charge on any atom is -0.354 e. The van der Waals surface area contributed by atoms with Crippen LogP contribution in [0.25, 0.3) is 0 Å². The van der Waals surface area contributed by atoms with Crippen LogP contribution in [0.2, 0.25) is 10.0 Å². The quantitative estimate of drug-likeness (QED) is 0.288. The largest absolute Gasteiger partial charge is 0.354 e. The zero-order valence-corrected chi connectivity index (χ0v) is 24.6. The summed E-state index contributed by atoms with van der Waals surface area (Å²) in [4.78, 5) is 28.6. The van der Waals surface area contributed by atoms with E-state index >= 15 is 0 Å². The number of hydrogen-bond acceptors (Lipinski definition) is 4. The molecule has 0 fully saturated rings. The summed E-state index contributed by atoms with van der Waals surface area (Å²) >= 11 is 12.4. The number of carbonyl (C=O) groups is 2. The van der Waals surface area contributed by atoms with Gasteiger partial charge in [-0.05, 0) is 67.3 Å². The van der Waals surface area contributed by atoms with Gasteiger partial charge in [-0.15, -0.1) is 0 Å². The van der Waals surface area contributed by atoms with Crippen LogP contribution < -0.4 is 9.62 Å². The molecule has 39 heavy (non-hydrogen) atoms. The predicted octanol–water partition coefficient (Wildman–Crippen LogP) is 5.83. The summed E-state index contributed by atoms with van der Waals surface area (Å²) in [5, 5.41) is 3.70. The molecule has 0 spiro atoms. The van der Waals surface area contributed by atoms with Gasteiger partial charge in [0.2, 0.25) is 11.8 Å². The van der Waals surface area contributed by atoms with Gasteiger partial charge < -0.3 is 10.2 Å². The van der Waals surface area contributed by atoms with Crippen LogP contribution in [0.1, 0.15) is 37.8 Å². The fourth-order valence-electron chi connectivity index (χ4n) is 4.19. The summed E-state index contributed by atoms with van der Waals surface area (Å²) in [6, 6.07) is 19.0. The number of amides is 2. The number of aryl methyl sites for hydroxylation is 1. The van der Waals surface area contributed by atoms with Gasteiger partial charge in [0.05, 0.1) is 10.6 Å². The van der Waals surface area contributed by atoms with Crippen molar-refractivity contribution in [1.82, 2.24) is 10.2 Å². The minimum absolute atomic E-state index is 0.00617. The van der Waals surface area contributed by atoms with E-state index in [0.717, 1.165) is 10.7 Å². The lowest BCUT2D eigenvalue weighted by atomic mass is 10.1. The molecule has 3 aromatic carbocycles. The first kappa shape index (κ1) is 30.5. The van der Waals surface area contributed by atoms with Gasteiger partial charge in [0.1, 0.15) is 12.6 Å². The van der Waals surface area contributed by atoms with Crippen LogP contribution in [0.5, 0.6) is 0 Å². The highest BCUT2D eigenvalue weighted by Crippen LogP contribution is 2.28. The number of hydrogen-bond donors (Lipinski definition) is 1. The smallest absolute Gasteiger partial charge is 0.264 e. The van der Waals surface area contributed by atoms with Crippen molar-refractivity contribution in [1.29, 1.82) is 0 Å². The van der Waals surface area contributed by atoms with Crippen LogP contribution in [-0.4, -0.2) is 44.3 Å². The number of nitrogens with zero attached hydrogens (tertiary/aromatic N) is 2. The molecule has 1 N–H and O–H groups in total. The average Bonchev–Trinajstić information content (AvgIpc) is 2.92. The molecule has 0 radical (unpaired) electrons. The van der Waals surface area contributed by atoms with Crippen molar-refractivity contribution < 1.29 is 18.0 Å². The van der Waals surface area contributed by atoms with Crippen LogP contribution in [-0.2, 0) is 26.2 Å². The highest BCUT2D eigenvalue weighted by atomic mass is 35.5. The van der Waals surface area contributed by atoms with E-state index in [0.29, 0.717) is 39.8 Å². The van der Waals surface area contributed by atoms with Gasteiger partial charge >= 0.3 is 0 Å². The monoisotopic (exact) mass is 589 g/mol. The minimum atomic E-state index is -4.17. The van der Waals surface area contributed by atoms with E-state index in [9.17, 15) is 18.0 Å². The molecule has 0 aliphatic heterocycles. The Balaban J connectivity index is 2.07. The van der Waals surface area contributed by atoms with Crippen molar-refractivity contribution >= 4 is 50.7 Å². The molecule has 3 rings (SSSR count). The highest BCUT2D eigenvalue weighted by molar-refractivity contribution is 7.92. The van der Waals surface area contributed by atoms with E-state index in [1.807, 2.05) is 13.8 Å². The van der Waals surface area contributed by atoms with E-state index in [2.05, 4.69) is 5.32 Å². The first-order valence-corrected chi connectivity index (χ1v) is 14.9. The molecule has 0 heterocycles. The maximum absolute atomic E-state index is 14.0. The first-order chi connectivity index (χ1) is 18.6. The standard InChI is InChI=1S/C29H33Cl2N3O4S/c1-4-18-32-29(36)26(5-2)33(19-22-11-7-8-12-25(22)31)28(35)20-34(27-13-9-6-10-21(27)3)39(37,38)24-16-14-23(30)15-17-24/h6-17,26H,4-5,18-20H2,1-3H3,(H,32,36)/t26-/m0/s1. The Morgan fingerprint density at radius 1 is 0.923 bits per heavy atom. The Labute approximate surface area is 240 Å². The molecule has 0 saturated carbocycles. The van der Waals surface area contributed by atoms with E-state index in [-0.39, 0.29) is 17.3 Å². The Hall–Kier alpha value is -3.07. The molecular weight excluding hydrogens is 557 g/mol. The van der Waals surface area contributed by atoms with Gasteiger partial charge in [-0.3, -0.25) is 13.9 Å². The van der Waals surface area contributed by atoms with Crippen LogP contribution in [0, 0.1) is 6.92 Å². The number of rotatable bonds is 12. The number of para-hydroxylation sites is 1. The summed E-state index contributed by atoms with van der Waals surface area (Å²) in [5.41, 5.74) is 1.69. The van der Waals surface area contributed by atoms with Crippen molar-refractivity contribution in [3.8, 4) is 0 Å². The number of nitrogens with one attached hydrogen (secondary N) is 1. The summed E-state index contributed by atoms with van der Waals surface area (Å²) in [6.45, 7) is 5.52. The molecule has 0 aromatic heterocycles. The third-order valence-electron chi connectivity index (χ3n) is 6.30. The molecule has 0 unspecified atom stereocenters. The number of benzene rings is 3. The van der Waals surface area contributed by atoms with Gasteiger partial charge in [-0.1, -0.05) is 73.4 Å². The molecule has 7 nitrogen and oxygen atoms in total. The first-order valence-electron chi connectivity index (χ1n) is 12.7. The van der Waals surface area contributed by atoms with E-state index < -0.39 is 28.5 Å². The maximum atomic E-state index is 14.0. The predicted molar refractivity (Wildman–Crippen MR) is 157 cm³/mol. The highest BCUT2D eigenvalue weighted by Gasteiger charge is 2.34. The fourth-order valence-corrected chi connectivity index (χ4v) is 5.99. The normalized spacial score (nSPS) is 12.0. The molecular formula is C29H33Cl2N3O4S. The van der Waals surface area contributed by atoms with Crippen LogP contribution in [0.15, 0.2) is 77.7 Å². The third kappa shape index (κ3) is 7.53. The van der Waals surface area contributed by atoms with Crippen molar-refractivity contribution in [2.45, 2.75) is 51.1 Å². The molecule has 2 amide bonds. The Kier molecular flexibility index (Phi) is 10.8. The van der Waals surface area contributed by atoms with Gasteiger partial charge in [-0.25, -0.2) is 8.42 Å². The zero-order valence-electron chi connectivity index (χ0n) is 22.2. The number of anilines is 1. The molecule has 1 atom stereocenters. The summed E-state index contributed by atoms with van der Waals surface area (Å²) < 4.78 is 28.9. The van der Waals surface area contributed by atoms with Crippen LogP contribution in [0.3, 0.4) is 0 Å². The molecule has 208 valence electrons. The lowest BCUT2D eigenvalue weighted by Crippen LogP contribution is -2.52. The second-order valence-corrected chi connectivity index (χ2v) is 11.8. The number of halogens is 2. The molecule has 3 aromatic rings.